The molecule has 0 aromatic rings. The summed E-state index contributed by atoms with van der Waals surface area (Å²) in [4.78, 5) is 14.2. The van der Waals surface area contributed by atoms with E-state index in [1.807, 2.05) is 0 Å². The minimum absolute atomic E-state index is 0. The average molecular weight is 88.0 g/mol. The van der Waals surface area contributed by atoms with Crippen LogP contribution >= 0.6 is 9.03 Å². The van der Waals surface area contributed by atoms with Crippen molar-refractivity contribution < 1.29 is 39.3 Å². The maximum atomic E-state index is 7.10. The van der Waals surface area contributed by atoms with E-state index in [4.69, 9.17) is 9.79 Å². The fraction of sp³-hybridized carbons (Fsp3) is 0. The molecule has 2 N–H and O–H groups in total. The molecule has 4 heavy (non-hydrogen) atoms. The van der Waals surface area contributed by atoms with Crippen molar-refractivity contribution in [3.8, 4) is 0 Å². The molecule has 0 aromatic heterocycles. The third kappa shape index (κ3) is 10.2. The van der Waals surface area contributed by atoms with Crippen molar-refractivity contribution in [3.63, 3.8) is 0 Å². The normalized spacial score (nSPS) is 4.50. The van der Waals surface area contributed by atoms with Crippen LogP contribution in [0.15, 0.2) is 0 Å². The Morgan fingerprint density at radius 1 is 1.25 bits per heavy atom. The molecule has 0 spiro atoms. The molecule has 0 aliphatic rings. The quantitative estimate of drug-likeness (QED) is 0.241. The standard InChI is InChI=1S/Na.H2O2P/c;1-3-2/h;1-2H/q+1;-1. The second-order valence-electron chi connectivity index (χ2n) is 0.0894. The second-order valence-corrected chi connectivity index (χ2v) is 0.268. The summed E-state index contributed by atoms with van der Waals surface area (Å²) in [7, 11) is -0.583. The first-order valence-electron chi connectivity index (χ1n) is 0.400. The van der Waals surface area contributed by atoms with Gasteiger partial charge in [0, 0.05) is 0 Å². The molecule has 0 fully saturated rings. The Bertz CT molecular complexity index is 6.00. The predicted molar refractivity (Wildman–Crippen MR) is 11.4 cm³/mol. The van der Waals surface area contributed by atoms with Gasteiger partial charge in [-0.25, -0.2) is 9.03 Å². The molecule has 0 bridgehead atoms. The molecule has 0 radical (unpaired) electrons. The van der Waals surface area contributed by atoms with Crippen LogP contribution in [0.4, 0.5) is 0 Å². The van der Waals surface area contributed by atoms with Crippen LogP contribution < -0.4 is 29.6 Å². The molecule has 0 aliphatic heterocycles. The fourth-order valence-corrected chi connectivity index (χ4v) is 0. The summed E-state index contributed by atoms with van der Waals surface area (Å²) in [5.41, 5.74) is 0. The molecule has 0 saturated carbocycles. The summed E-state index contributed by atoms with van der Waals surface area (Å²) in [5.74, 6) is 0. The minimum atomic E-state index is -0.583. The SMILES string of the molecule is O[P-]O.[Na+]. The fourth-order valence-electron chi connectivity index (χ4n) is 0. The van der Waals surface area contributed by atoms with Gasteiger partial charge >= 0.3 is 29.6 Å². The largest absolute Gasteiger partial charge is 1.00 e. The van der Waals surface area contributed by atoms with E-state index in [1.54, 1.807) is 0 Å². The van der Waals surface area contributed by atoms with Crippen LogP contribution in [0.25, 0.3) is 0 Å². The first-order valence-corrected chi connectivity index (χ1v) is 1.20. The van der Waals surface area contributed by atoms with Crippen LogP contribution in [0.2, 0.25) is 0 Å². The van der Waals surface area contributed by atoms with Crippen molar-refractivity contribution in [2.24, 2.45) is 0 Å². The van der Waals surface area contributed by atoms with Crippen LogP contribution in [0.1, 0.15) is 0 Å². The number of hydrogen-bond acceptors (Lipinski definition) is 2. The molecule has 0 unspecified atom stereocenters. The van der Waals surface area contributed by atoms with Crippen LogP contribution in [0, 0.1) is 0 Å². The molecule has 0 amide bonds. The van der Waals surface area contributed by atoms with Crippen molar-refractivity contribution in [3.05, 3.63) is 0 Å². The Hall–Kier alpha value is 1.35. The van der Waals surface area contributed by atoms with E-state index < -0.39 is 9.03 Å². The maximum Gasteiger partial charge on any atom is 1.00 e. The van der Waals surface area contributed by atoms with Gasteiger partial charge in [0.05, 0.1) is 0 Å². The smallest absolute Gasteiger partial charge is 0.543 e. The Kier molecular flexibility index (Phi) is 19.9. The number of hydrogen-bond donors (Lipinski definition) is 2. The first-order chi connectivity index (χ1) is 1.41. The molecule has 0 atom stereocenters. The van der Waals surface area contributed by atoms with E-state index in [9.17, 15) is 0 Å². The van der Waals surface area contributed by atoms with Gasteiger partial charge in [0.1, 0.15) is 0 Å². The molecule has 0 aromatic carbocycles. The zero-order valence-electron chi connectivity index (χ0n) is 2.34. The van der Waals surface area contributed by atoms with E-state index in [2.05, 4.69) is 0 Å². The molecule has 0 saturated heterocycles. The average Bonchev–Trinajstić information content (AvgIpc) is 0.918. The molecule has 0 heterocycles. The molecular weight excluding hydrogens is 86.0 g/mol. The van der Waals surface area contributed by atoms with Gasteiger partial charge in [-0.15, -0.1) is 0 Å². The number of rotatable bonds is 0. The van der Waals surface area contributed by atoms with Crippen molar-refractivity contribution in [1.29, 1.82) is 0 Å². The summed E-state index contributed by atoms with van der Waals surface area (Å²) in [5, 5.41) is 0. The maximum absolute atomic E-state index is 7.10. The van der Waals surface area contributed by atoms with Gasteiger partial charge < -0.3 is 9.79 Å². The molecular formula is H2NaO2P. The third-order valence-corrected chi connectivity index (χ3v) is 0. The van der Waals surface area contributed by atoms with Gasteiger partial charge in [-0.2, -0.15) is 0 Å². The Morgan fingerprint density at radius 3 is 1.25 bits per heavy atom. The van der Waals surface area contributed by atoms with Gasteiger partial charge in [0.25, 0.3) is 0 Å². The molecule has 4 heteroatoms. The van der Waals surface area contributed by atoms with E-state index in [-0.39, 0.29) is 29.6 Å². The zero-order valence-corrected chi connectivity index (χ0v) is 5.24. The van der Waals surface area contributed by atoms with Gasteiger partial charge in [-0.05, 0) is 0 Å². The van der Waals surface area contributed by atoms with Crippen molar-refractivity contribution >= 4 is 9.03 Å². The zero-order chi connectivity index (χ0) is 2.71. The summed E-state index contributed by atoms with van der Waals surface area (Å²) in [6, 6.07) is 0. The van der Waals surface area contributed by atoms with Gasteiger partial charge in [0.15, 0.2) is 0 Å². The predicted octanol–water partition coefficient (Wildman–Crippen LogP) is -3.25. The first kappa shape index (κ1) is 9.02. The van der Waals surface area contributed by atoms with Crippen molar-refractivity contribution in [1.82, 2.24) is 0 Å². The molecule has 0 rings (SSSR count). The summed E-state index contributed by atoms with van der Waals surface area (Å²) >= 11 is 0. The van der Waals surface area contributed by atoms with Crippen LogP contribution in [-0.4, -0.2) is 9.79 Å². The van der Waals surface area contributed by atoms with Crippen LogP contribution in [-0.2, 0) is 0 Å². The van der Waals surface area contributed by atoms with Gasteiger partial charge in [-0.3, -0.25) is 0 Å². The van der Waals surface area contributed by atoms with Crippen LogP contribution in [0.3, 0.4) is 0 Å². The Morgan fingerprint density at radius 2 is 1.25 bits per heavy atom. The summed E-state index contributed by atoms with van der Waals surface area (Å²) in [6.07, 6.45) is 0. The van der Waals surface area contributed by atoms with E-state index in [0.717, 1.165) is 0 Å². The Labute approximate surface area is 48.5 Å². The van der Waals surface area contributed by atoms with Gasteiger partial charge in [-0.1, -0.05) is 0 Å². The summed E-state index contributed by atoms with van der Waals surface area (Å²) in [6.45, 7) is 0. The molecule has 20 valence electrons. The monoisotopic (exact) mass is 88.0 g/mol. The second kappa shape index (κ2) is 8.84. The van der Waals surface area contributed by atoms with Crippen molar-refractivity contribution in [2.45, 2.75) is 0 Å². The molecule has 0 aliphatic carbocycles. The molecule has 2 nitrogen and oxygen atoms in total. The van der Waals surface area contributed by atoms with E-state index >= 15 is 0 Å². The summed E-state index contributed by atoms with van der Waals surface area (Å²) < 4.78 is 0. The minimum Gasteiger partial charge on any atom is -0.543 e. The van der Waals surface area contributed by atoms with E-state index in [1.165, 1.54) is 0 Å². The third-order valence-electron chi connectivity index (χ3n) is 0. The van der Waals surface area contributed by atoms with Crippen LogP contribution in [0.5, 0.6) is 0 Å². The topological polar surface area (TPSA) is 40.5 Å². The van der Waals surface area contributed by atoms with Gasteiger partial charge in [0.2, 0.25) is 0 Å². The van der Waals surface area contributed by atoms with E-state index in [0.29, 0.717) is 0 Å². The Balaban J connectivity index is 0. The van der Waals surface area contributed by atoms with Crippen molar-refractivity contribution in [2.75, 3.05) is 0 Å².